The first kappa shape index (κ1) is 13.2. The molecule has 0 unspecified atom stereocenters. The van der Waals surface area contributed by atoms with Gasteiger partial charge in [0.25, 0.3) is 0 Å². The zero-order valence-corrected chi connectivity index (χ0v) is 10.7. The van der Waals surface area contributed by atoms with E-state index in [4.69, 9.17) is 2.81 Å². The van der Waals surface area contributed by atoms with Crippen molar-refractivity contribution in [1.29, 1.82) is 0 Å². The van der Waals surface area contributed by atoms with E-state index < -0.39 is 0 Å². The Hall–Kier alpha value is -0.767. The van der Waals surface area contributed by atoms with Gasteiger partial charge in [0.05, 0.1) is 0 Å². The number of nitrogens with zero attached hydrogens (tertiary/aromatic N) is 1. The minimum atomic E-state index is 0. The third-order valence-electron chi connectivity index (χ3n) is 1.69. The average molecular weight is 389 g/mol. The predicted octanol–water partition coefficient (Wildman–Crippen LogP) is 0.0477. The van der Waals surface area contributed by atoms with Crippen molar-refractivity contribution in [1.82, 2.24) is 4.98 Å². The molecule has 0 spiro atoms. The molecule has 2 radical (unpaired) electrons. The Bertz CT molecular complexity index is 403. The van der Waals surface area contributed by atoms with Gasteiger partial charge < -0.3 is 11.0 Å². The van der Waals surface area contributed by atoms with Gasteiger partial charge >= 0.3 is 86.1 Å². The molecule has 4 N–H and O–H groups in total. The molecule has 0 aliphatic heterocycles. The van der Waals surface area contributed by atoms with Gasteiger partial charge in [0, 0.05) is 0 Å². The Morgan fingerprint density at radius 3 is 2.50 bits per heavy atom. The van der Waals surface area contributed by atoms with Crippen molar-refractivity contribution in [2.75, 3.05) is 0 Å². The monoisotopic (exact) mass is 389 g/mol. The van der Waals surface area contributed by atoms with E-state index in [0.29, 0.717) is 0 Å². The van der Waals surface area contributed by atoms with Crippen LogP contribution in [0.15, 0.2) is 36.5 Å². The number of rotatable bonds is 1. The van der Waals surface area contributed by atoms with Crippen LogP contribution in [0.25, 0.3) is 10.9 Å². The van der Waals surface area contributed by atoms with E-state index in [1.165, 1.54) is 0 Å². The zero-order chi connectivity index (χ0) is 8.39. The van der Waals surface area contributed by atoms with Gasteiger partial charge in [-0.05, 0) is 0 Å². The second-order valence-corrected chi connectivity index (χ2v) is 3.13. The van der Waals surface area contributed by atoms with Gasteiger partial charge in [-0.1, -0.05) is 0 Å². The summed E-state index contributed by atoms with van der Waals surface area (Å²) in [7, 11) is 0. The average Bonchev–Trinajstić information content (AvgIpc) is 2.17. The summed E-state index contributed by atoms with van der Waals surface area (Å²) in [4.78, 5) is 4.24. The molecule has 4 nitrogen and oxygen atoms in total. The summed E-state index contributed by atoms with van der Waals surface area (Å²) in [6, 6.07) is 9.91. The fourth-order valence-corrected chi connectivity index (χ4v) is 1.72. The van der Waals surface area contributed by atoms with Crippen molar-refractivity contribution >= 4 is 36.1 Å². The second-order valence-electron chi connectivity index (χ2n) is 2.42. The maximum absolute atomic E-state index is 5.28. The molecule has 0 bridgehead atoms. The third kappa shape index (κ3) is 2.38. The van der Waals surface area contributed by atoms with Crippen LogP contribution in [0.2, 0.25) is 0 Å². The van der Waals surface area contributed by atoms with Gasteiger partial charge in [0.15, 0.2) is 0 Å². The number of hydrogen-bond donors (Lipinski definition) is 0. The number of pyridine rings is 1. The number of para-hydroxylation sites is 1. The summed E-state index contributed by atoms with van der Waals surface area (Å²) >= 11 is 0.896. The van der Waals surface area contributed by atoms with Crippen LogP contribution in [0.4, 0.5) is 0 Å². The fraction of sp³-hybridized carbons (Fsp3) is 0. The number of hydrogen-bond acceptors (Lipinski definition) is 2. The normalized spacial score (nSPS) is 8.64. The molecule has 2 rings (SSSR count). The Balaban J connectivity index is 0.000000845. The topological polar surface area (TPSA) is 85.1 Å². The summed E-state index contributed by atoms with van der Waals surface area (Å²) < 4.78 is 5.28. The van der Waals surface area contributed by atoms with E-state index in [-0.39, 0.29) is 11.0 Å². The van der Waals surface area contributed by atoms with E-state index >= 15 is 0 Å². The predicted molar refractivity (Wildman–Crippen MR) is 55.4 cm³/mol. The van der Waals surface area contributed by atoms with E-state index in [1.807, 2.05) is 30.3 Å². The molecular formula is C9H10BiNO3. The molecule has 2 aromatic rings. The molecule has 0 fully saturated rings. The van der Waals surface area contributed by atoms with Crippen molar-refractivity contribution in [3.05, 3.63) is 36.5 Å². The first-order valence-electron chi connectivity index (χ1n) is 3.57. The van der Waals surface area contributed by atoms with Crippen LogP contribution in [-0.2, 0) is 0 Å². The summed E-state index contributed by atoms with van der Waals surface area (Å²) in [5.41, 5.74) is 0.947. The van der Waals surface area contributed by atoms with Crippen molar-refractivity contribution in [2.24, 2.45) is 0 Å². The first-order chi connectivity index (χ1) is 5.92. The standard InChI is InChI=1S/C9H7NO.Bi.2H2O/c11-8-5-1-3-7-4-2-6-10-9(7)8;;;/h1-6,11H;;2*1H2/q;+1;;/p-1. The molecule has 1 aromatic heterocycles. The molecular weight excluding hydrogens is 379 g/mol. The first-order valence-corrected chi connectivity index (χ1v) is 4.99. The quantitative estimate of drug-likeness (QED) is 0.646. The second kappa shape index (κ2) is 5.86. The van der Waals surface area contributed by atoms with Gasteiger partial charge in [-0.15, -0.1) is 0 Å². The van der Waals surface area contributed by atoms with Crippen molar-refractivity contribution < 1.29 is 13.8 Å². The van der Waals surface area contributed by atoms with Gasteiger partial charge in [0.1, 0.15) is 0 Å². The van der Waals surface area contributed by atoms with Crippen molar-refractivity contribution in [3.63, 3.8) is 0 Å². The molecule has 14 heavy (non-hydrogen) atoms. The van der Waals surface area contributed by atoms with E-state index in [2.05, 4.69) is 4.98 Å². The molecule has 0 saturated heterocycles. The molecule has 1 heterocycles. The van der Waals surface area contributed by atoms with Crippen LogP contribution in [0.5, 0.6) is 5.75 Å². The SMILES string of the molecule is O.O.[Bi][O]c1cccc2cccnc12. The number of fused-ring (bicyclic) bond motifs is 1. The molecule has 0 atom stereocenters. The van der Waals surface area contributed by atoms with Crippen molar-refractivity contribution in [3.8, 4) is 5.75 Å². The summed E-state index contributed by atoms with van der Waals surface area (Å²) in [6.07, 6.45) is 1.78. The summed E-state index contributed by atoms with van der Waals surface area (Å²) in [6.45, 7) is 0. The fourth-order valence-electron chi connectivity index (χ4n) is 1.15. The molecule has 0 aliphatic carbocycles. The van der Waals surface area contributed by atoms with Crippen LogP contribution < -0.4 is 2.81 Å². The third-order valence-corrected chi connectivity index (χ3v) is 2.46. The maximum atomic E-state index is 5.28. The zero-order valence-electron chi connectivity index (χ0n) is 7.27. The van der Waals surface area contributed by atoms with Crippen LogP contribution in [0.1, 0.15) is 0 Å². The van der Waals surface area contributed by atoms with Gasteiger partial charge in [-0.3, -0.25) is 0 Å². The Kier molecular flexibility index (Phi) is 5.54. The van der Waals surface area contributed by atoms with E-state index in [1.54, 1.807) is 6.20 Å². The van der Waals surface area contributed by atoms with Crippen molar-refractivity contribution in [2.45, 2.75) is 0 Å². The minimum absolute atomic E-state index is 0. The van der Waals surface area contributed by atoms with E-state index in [9.17, 15) is 0 Å². The van der Waals surface area contributed by atoms with Crippen LogP contribution in [0.3, 0.4) is 0 Å². The van der Waals surface area contributed by atoms with Gasteiger partial charge in [-0.25, -0.2) is 0 Å². The molecule has 0 aliphatic rings. The van der Waals surface area contributed by atoms with E-state index in [0.717, 1.165) is 41.8 Å². The Morgan fingerprint density at radius 2 is 1.79 bits per heavy atom. The van der Waals surface area contributed by atoms with Crippen LogP contribution in [-0.4, -0.2) is 41.1 Å². The molecule has 0 saturated carbocycles. The Morgan fingerprint density at radius 1 is 1.07 bits per heavy atom. The van der Waals surface area contributed by atoms with Crippen LogP contribution >= 0.6 is 0 Å². The van der Waals surface area contributed by atoms with Gasteiger partial charge in [-0.2, -0.15) is 0 Å². The number of aromatic nitrogens is 1. The van der Waals surface area contributed by atoms with Gasteiger partial charge in [0.2, 0.25) is 0 Å². The molecule has 1 aromatic carbocycles. The molecule has 74 valence electrons. The van der Waals surface area contributed by atoms with Crippen LogP contribution in [0, 0.1) is 0 Å². The molecule has 5 heteroatoms. The Labute approximate surface area is 97.0 Å². The number of benzene rings is 1. The summed E-state index contributed by atoms with van der Waals surface area (Å²) in [5, 5.41) is 1.13. The summed E-state index contributed by atoms with van der Waals surface area (Å²) in [5.74, 6) is 0.876. The molecule has 0 amide bonds.